The van der Waals surface area contributed by atoms with Crippen LogP contribution in [-0.4, -0.2) is 9.97 Å². The smallest absolute Gasteiger partial charge is 0.0673 e. The van der Waals surface area contributed by atoms with Crippen LogP contribution in [0.1, 0.15) is 28.6 Å². The molecule has 2 rings (SSSR count). The van der Waals surface area contributed by atoms with Crippen molar-refractivity contribution < 1.29 is 0 Å². The summed E-state index contributed by atoms with van der Waals surface area (Å²) < 4.78 is 0.967. The lowest BCUT2D eigenvalue weighted by Gasteiger charge is -2.16. The fraction of sp³-hybridized carbons (Fsp3) is 0.286. The topological polar surface area (TPSA) is 63.8 Å². The zero-order valence-corrected chi connectivity index (χ0v) is 12.6. The number of hydrazine groups is 1. The van der Waals surface area contributed by atoms with E-state index in [9.17, 15) is 0 Å². The van der Waals surface area contributed by atoms with Gasteiger partial charge in [0.15, 0.2) is 0 Å². The van der Waals surface area contributed by atoms with Gasteiger partial charge in [-0.2, -0.15) is 0 Å². The molecule has 0 fully saturated rings. The van der Waals surface area contributed by atoms with E-state index in [0.717, 1.165) is 27.8 Å². The largest absolute Gasteiger partial charge is 0.271 e. The first-order valence-electron chi connectivity index (χ1n) is 6.09. The fourth-order valence-electron chi connectivity index (χ4n) is 2.10. The predicted octanol–water partition coefficient (Wildman–Crippen LogP) is 2.60. The van der Waals surface area contributed by atoms with Crippen molar-refractivity contribution in [3.63, 3.8) is 0 Å². The van der Waals surface area contributed by atoms with Gasteiger partial charge in [-0.15, -0.1) is 0 Å². The number of nitrogens with one attached hydrogen (secondary N) is 1. The Morgan fingerprint density at radius 1 is 1.26 bits per heavy atom. The monoisotopic (exact) mass is 320 g/mol. The molecule has 0 bridgehead atoms. The second kappa shape index (κ2) is 6.23. The van der Waals surface area contributed by atoms with E-state index in [4.69, 9.17) is 5.84 Å². The Bertz CT molecular complexity index is 551. The second-order valence-corrected chi connectivity index (χ2v) is 5.56. The molecule has 4 nitrogen and oxygen atoms in total. The van der Waals surface area contributed by atoms with Gasteiger partial charge in [-0.25, -0.2) is 0 Å². The highest BCUT2D eigenvalue weighted by molar-refractivity contribution is 9.10. The minimum atomic E-state index is -0.0188. The molecular weight excluding hydrogens is 304 g/mol. The van der Waals surface area contributed by atoms with Gasteiger partial charge in [0, 0.05) is 22.6 Å². The Hall–Kier alpha value is -1.30. The van der Waals surface area contributed by atoms with E-state index in [1.54, 1.807) is 6.20 Å². The van der Waals surface area contributed by atoms with Crippen LogP contribution in [0.5, 0.6) is 0 Å². The van der Waals surface area contributed by atoms with Gasteiger partial charge in [0.2, 0.25) is 0 Å². The van der Waals surface area contributed by atoms with E-state index < -0.39 is 0 Å². The van der Waals surface area contributed by atoms with Crippen molar-refractivity contribution in [1.29, 1.82) is 0 Å². The van der Waals surface area contributed by atoms with Crippen molar-refractivity contribution in [3.8, 4) is 0 Å². The van der Waals surface area contributed by atoms with Crippen LogP contribution < -0.4 is 11.3 Å². The molecule has 0 aliphatic heterocycles. The van der Waals surface area contributed by atoms with Gasteiger partial charge in [0.05, 0.1) is 11.7 Å². The van der Waals surface area contributed by atoms with E-state index in [-0.39, 0.29) is 6.04 Å². The van der Waals surface area contributed by atoms with Gasteiger partial charge in [0.1, 0.15) is 0 Å². The van der Waals surface area contributed by atoms with Crippen molar-refractivity contribution in [2.75, 3.05) is 0 Å². The number of hydrogen-bond donors (Lipinski definition) is 2. The van der Waals surface area contributed by atoms with Gasteiger partial charge < -0.3 is 0 Å². The van der Waals surface area contributed by atoms with Gasteiger partial charge in [-0.3, -0.25) is 21.2 Å². The Morgan fingerprint density at radius 3 is 2.68 bits per heavy atom. The number of aromatic nitrogens is 2. The molecule has 3 N–H and O–H groups in total. The summed E-state index contributed by atoms with van der Waals surface area (Å²) in [4.78, 5) is 8.71. The Morgan fingerprint density at radius 2 is 2.05 bits per heavy atom. The lowest BCUT2D eigenvalue weighted by atomic mass is 10.0. The summed E-state index contributed by atoms with van der Waals surface area (Å²) >= 11 is 3.42. The third kappa shape index (κ3) is 3.83. The van der Waals surface area contributed by atoms with Crippen molar-refractivity contribution >= 4 is 15.9 Å². The van der Waals surface area contributed by atoms with Gasteiger partial charge in [0.25, 0.3) is 0 Å². The molecule has 2 heterocycles. The molecular formula is C14H17BrN4. The normalized spacial score (nSPS) is 12.4. The van der Waals surface area contributed by atoms with E-state index in [2.05, 4.69) is 50.4 Å². The molecule has 0 amide bonds. The van der Waals surface area contributed by atoms with Gasteiger partial charge in [-0.1, -0.05) is 0 Å². The summed E-state index contributed by atoms with van der Waals surface area (Å²) in [5, 5.41) is 0. The molecule has 0 saturated carbocycles. The molecule has 100 valence electrons. The maximum Gasteiger partial charge on any atom is 0.0673 e. The van der Waals surface area contributed by atoms with Crippen LogP contribution >= 0.6 is 15.9 Å². The first kappa shape index (κ1) is 14.1. The summed E-state index contributed by atoms with van der Waals surface area (Å²) in [7, 11) is 0. The minimum Gasteiger partial charge on any atom is -0.271 e. The maximum atomic E-state index is 5.67. The summed E-state index contributed by atoms with van der Waals surface area (Å²) in [6, 6.07) is 6.13. The van der Waals surface area contributed by atoms with Crippen LogP contribution in [0.4, 0.5) is 0 Å². The van der Waals surface area contributed by atoms with E-state index in [1.807, 2.05) is 19.2 Å². The lowest BCUT2D eigenvalue weighted by Crippen LogP contribution is -2.30. The first-order chi connectivity index (χ1) is 9.08. The maximum absolute atomic E-state index is 5.67. The van der Waals surface area contributed by atoms with E-state index >= 15 is 0 Å². The van der Waals surface area contributed by atoms with Crippen molar-refractivity contribution in [2.45, 2.75) is 26.3 Å². The number of nitrogens with zero attached hydrogens (tertiary/aromatic N) is 2. The Kier molecular flexibility index (Phi) is 4.63. The molecule has 19 heavy (non-hydrogen) atoms. The fourth-order valence-corrected chi connectivity index (χ4v) is 2.52. The molecule has 0 saturated heterocycles. The zero-order chi connectivity index (χ0) is 13.8. The van der Waals surface area contributed by atoms with Crippen LogP contribution in [0.25, 0.3) is 0 Å². The summed E-state index contributed by atoms with van der Waals surface area (Å²) in [6.45, 7) is 4.05. The van der Waals surface area contributed by atoms with Crippen molar-refractivity contribution in [3.05, 3.63) is 57.6 Å². The highest BCUT2D eigenvalue weighted by Crippen LogP contribution is 2.19. The molecule has 0 aliphatic rings. The molecule has 5 heteroatoms. The second-order valence-electron chi connectivity index (χ2n) is 4.65. The van der Waals surface area contributed by atoms with Crippen LogP contribution in [0.2, 0.25) is 0 Å². The van der Waals surface area contributed by atoms with Crippen molar-refractivity contribution in [2.24, 2.45) is 5.84 Å². The predicted molar refractivity (Wildman–Crippen MR) is 79.4 cm³/mol. The average molecular weight is 321 g/mol. The zero-order valence-electron chi connectivity index (χ0n) is 11.0. The standard InChI is InChI=1S/C14H17BrN4/c1-9-3-10(2)18-13(4-9)14(19-16)6-11-5-12(15)8-17-7-11/h3-5,7-8,14,19H,6,16H2,1-2H3. The molecule has 1 atom stereocenters. The quantitative estimate of drug-likeness (QED) is 0.671. The summed E-state index contributed by atoms with van der Waals surface area (Å²) in [5.74, 6) is 5.67. The number of hydrogen-bond acceptors (Lipinski definition) is 4. The number of rotatable bonds is 4. The molecule has 2 aromatic rings. The van der Waals surface area contributed by atoms with Crippen LogP contribution in [0.15, 0.2) is 35.1 Å². The highest BCUT2D eigenvalue weighted by Gasteiger charge is 2.13. The number of nitrogens with two attached hydrogens (primary N) is 1. The lowest BCUT2D eigenvalue weighted by molar-refractivity contribution is 0.536. The molecule has 0 radical (unpaired) electrons. The van der Waals surface area contributed by atoms with E-state index in [1.165, 1.54) is 5.56 Å². The number of halogens is 1. The van der Waals surface area contributed by atoms with Crippen molar-refractivity contribution in [1.82, 2.24) is 15.4 Å². The van der Waals surface area contributed by atoms with Gasteiger partial charge in [-0.05, 0) is 65.5 Å². The highest BCUT2D eigenvalue weighted by atomic mass is 79.9. The SMILES string of the molecule is Cc1cc(C)nc(C(Cc2cncc(Br)c2)NN)c1. The van der Waals surface area contributed by atoms with Crippen LogP contribution in [0.3, 0.4) is 0 Å². The Balaban J connectivity index is 2.24. The average Bonchev–Trinajstić information content (AvgIpc) is 2.34. The van der Waals surface area contributed by atoms with Crippen LogP contribution in [0, 0.1) is 13.8 Å². The molecule has 1 unspecified atom stereocenters. The van der Waals surface area contributed by atoms with E-state index in [0.29, 0.717) is 0 Å². The molecule has 2 aromatic heterocycles. The first-order valence-corrected chi connectivity index (χ1v) is 6.88. The third-order valence-corrected chi connectivity index (χ3v) is 3.31. The summed E-state index contributed by atoms with van der Waals surface area (Å²) in [5.41, 5.74) is 7.10. The minimum absolute atomic E-state index is 0.0188. The summed E-state index contributed by atoms with van der Waals surface area (Å²) in [6.07, 6.45) is 4.36. The van der Waals surface area contributed by atoms with Crippen LogP contribution in [-0.2, 0) is 6.42 Å². The van der Waals surface area contributed by atoms with Gasteiger partial charge >= 0.3 is 0 Å². The molecule has 0 aliphatic carbocycles. The number of pyridine rings is 2. The number of aryl methyl sites for hydroxylation is 2. The third-order valence-electron chi connectivity index (χ3n) is 2.88. The molecule has 0 aromatic carbocycles. The molecule has 0 spiro atoms. The Labute approximate surface area is 121 Å².